The van der Waals surface area contributed by atoms with Crippen molar-refractivity contribution in [2.75, 3.05) is 0 Å². The van der Waals surface area contributed by atoms with Crippen molar-refractivity contribution in [3.63, 3.8) is 0 Å². The molecule has 0 aliphatic heterocycles. The lowest BCUT2D eigenvalue weighted by molar-refractivity contribution is -0.139. The normalized spacial score (nSPS) is 17.8. The highest BCUT2D eigenvalue weighted by Gasteiger charge is 2.23. The fraction of sp³-hybridized carbons (Fsp3) is 0.533. The molecule has 0 bridgehead atoms. The van der Waals surface area contributed by atoms with E-state index < -0.39 is 12.0 Å². The number of hydrogen-bond acceptors (Lipinski definition) is 2. The van der Waals surface area contributed by atoms with E-state index in [1.807, 2.05) is 18.2 Å². The molecule has 18 heavy (non-hydrogen) atoms. The molecule has 1 atom stereocenters. The van der Waals surface area contributed by atoms with Crippen LogP contribution in [0.3, 0.4) is 0 Å². The molecule has 3 nitrogen and oxygen atoms in total. The maximum Gasteiger partial charge on any atom is 0.320 e. The van der Waals surface area contributed by atoms with Crippen molar-refractivity contribution in [2.45, 2.75) is 50.6 Å². The molecule has 1 aromatic rings. The lowest BCUT2D eigenvalue weighted by Crippen LogP contribution is -2.42. The van der Waals surface area contributed by atoms with E-state index in [1.165, 1.54) is 18.4 Å². The smallest absolute Gasteiger partial charge is 0.320 e. The molecule has 0 aromatic heterocycles. The van der Waals surface area contributed by atoms with E-state index in [0.29, 0.717) is 12.5 Å². The summed E-state index contributed by atoms with van der Waals surface area (Å²) < 4.78 is 0. The van der Waals surface area contributed by atoms with Crippen molar-refractivity contribution in [1.82, 2.24) is 5.32 Å². The zero-order valence-corrected chi connectivity index (χ0v) is 10.6. The first-order valence-corrected chi connectivity index (χ1v) is 6.78. The van der Waals surface area contributed by atoms with Crippen LogP contribution in [-0.4, -0.2) is 23.2 Å². The van der Waals surface area contributed by atoms with Gasteiger partial charge >= 0.3 is 5.97 Å². The summed E-state index contributed by atoms with van der Waals surface area (Å²) in [6.07, 6.45) is 6.17. The Balaban J connectivity index is 1.84. The first-order chi connectivity index (χ1) is 8.75. The topological polar surface area (TPSA) is 49.3 Å². The lowest BCUT2D eigenvalue weighted by atomic mass is 10.0. The van der Waals surface area contributed by atoms with Crippen molar-refractivity contribution < 1.29 is 9.90 Å². The molecule has 3 heteroatoms. The third-order valence-electron chi connectivity index (χ3n) is 3.65. The van der Waals surface area contributed by atoms with Crippen LogP contribution in [0, 0.1) is 0 Å². The third-order valence-corrected chi connectivity index (χ3v) is 3.65. The number of aliphatic carboxylic acids is 1. The van der Waals surface area contributed by atoms with Crippen LogP contribution in [0.5, 0.6) is 0 Å². The third kappa shape index (κ3) is 3.84. The van der Waals surface area contributed by atoms with E-state index in [4.69, 9.17) is 0 Å². The molecule has 0 saturated heterocycles. The Hall–Kier alpha value is -1.35. The van der Waals surface area contributed by atoms with Crippen molar-refractivity contribution in [3.05, 3.63) is 35.9 Å². The van der Waals surface area contributed by atoms with Crippen molar-refractivity contribution in [3.8, 4) is 0 Å². The minimum atomic E-state index is -0.724. The summed E-state index contributed by atoms with van der Waals surface area (Å²) in [5.41, 5.74) is 1.21. The molecular weight excluding hydrogens is 226 g/mol. The first-order valence-electron chi connectivity index (χ1n) is 6.78. The van der Waals surface area contributed by atoms with Gasteiger partial charge in [-0.25, -0.2) is 0 Å². The molecule has 1 fully saturated rings. The summed E-state index contributed by atoms with van der Waals surface area (Å²) in [7, 11) is 0. The second-order valence-corrected chi connectivity index (χ2v) is 5.06. The Labute approximate surface area is 108 Å². The maximum absolute atomic E-state index is 11.2. The zero-order valence-electron chi connectivity index (χ0n) is 10.6. The second kappa shape index (κ2) is 6.55. The van der Waals surface area contributed by atoms with Gasteiger partial charge in [-0.3, -0.25) is 4.79 Å². The number of nitrogens with one attached hydrogen (secondary N) is 1. The summed E-state index contributed by atoms with van der Waals surface area (Å²) in [4.78, 5) is 11.2. The zero-order chi connectivity index (χ0) is 12.8. The van der Waals surface area contributed by atoms with E-state index in [1.54, 1.807) is 0 Å². The van der Waals surface area contributed by atoms with Gasteiger partial charge in [0.15, 0.2) is 0 Å². The number of rotatable bonds is 6. The van der Waals surface area contributed by atoms with Gasteiger partial charge in [-0.05, 0) is 31.2 Å². The Morgan fingerprint density at radius 3 is 2.56 bits per heavy atom. The molecule has 2 N–H and O–H groups in total. The number of aryl methyl sites for hydroxylation is 1. The fourth-order valence-corrected chi connectivity index (χ4v) is 2.61. The van der Waals surface area contributed by atoms with Gasteiger partial charge in [0.05, 0.1) is 0 Å². The van der Waals surface area contributed by atoms with Crippen LogP contribution in [0.1, 0.15) is 37.7 Å². The monoisotopic (exact) mass is 247 g/mol. The molecule has 1 aliphatic carbocycles. The Bertz CT molecular complexity index is 371. The van der Waals surface area contributed by atoms with Crippen LogP contribution in [0.2, 0.25) is 0 Å². The van der Waals surface area contributed by atoms with Crippen LogP contribution in [0.15, 0.2) is 30.3 Å². The Morgan fingerprint density at radius 1 is 1.28 bits per heavy atom. The van der Waals surface area contributed by atoms with Crippen LogP contribution >= 0.6 is 0 Å². The molecule has 0 amide bonds. The standard InChI is InChI=1S/C15H21NO2/c17-15(18)14(16-13-8-4-5-9-13)11-10-12-6-2-1-3-7-12/h1-3,6-7,13-14,16H,4-5,8-11H2,(H,17,18). The predicted molar refractivity (Wildman–Crippen MR) is 71.6 cm³/mol. The average Bonchev–Trinajstić information content (AvgIpc) is 2.88. The van der Waals surface area contributed by atoms with Crippen LogP contribution in [0.4, 0.5) is 0 Å². The minimum absolute atomic E-state index is 0.405. The van der Waals surface area contributed by atoms with E-state index in [0.717, 1.165) is 19.3 Å². The average molecular weight is 247 g/mol. The van der Waals surface area contributed by atoms with Crippen molar-refractivity contribution >= 4 is 5.97 Å². The van der Waals surface area contributed by atoms with Crippen LogP contribution in [0.25, 0.3) is 0 Å². The molecule has 1 unspecified atom stereocenters. The van der Waals surface area contributed by atoms with Crippen molar-refractivity contribution in [1.29, 1.82) is 0 Å². The van der Waals surface area contributed by atoms with E-state index in [-0.39, 0.29) is 0 Å². The highest BCUT2D eigenvalue weighted by Crippen LogP contribution is 2.19. The fourth-order valence-electron chi connectivity index (χ4n) is 2.61. The molecule has 2 rings (SSSR count). The van der Waals surface area contributed by atoms with Gasteiger partial charge in [-0.2, -0.15) is 0 Å². The van der Waals surface area contributed by atoms with Gasteiger partial charge in [0, 0.05) is 6.04 Å². The highest BCUT2D eigenvalue weighted by molar-refractivity contribution is 5.73. The number of carbonyl (C=O) groups is 1. The summed E-state index contributed by atoms with van der Waals surface area (Å²) in [5.74, 6) is -0.724. The number of carboxylic acids is 1. The maximum atomic E-state index is 11.2. The SMILES string of the molecule is O=C(O)C(CCc1ccccc1)NC1CCCC1. The van der Waals surface area contributed by atoms with E-state index in [2.05, 4.69) is 17.4 Å². The second-order valence-electron chi connectivity index (χ2n) is 5.06. The van der Waals surface area contributed by atoms with Gasteiger partial charge in [0.2, 0.25) is 0 Å². The van der Waals surface area contributed by atoms with Gasteiger partial charge in [0.25, 0.3) is 0 Å². The summed E-state index contributed by atoms with van der Waals surface area (Å²) >= 11 is 0. The molecule has 1 saturated carbocycles. The number of carboxylic acid groups (broad SMARTS) is 1. The largest absolute Gasteiger partial charge is 0.480 e. The molecule has 1 aliphatic rings. The van der Waals surface area contributed by atoms with Crippen LogP contribution in [-0.2, 0) is 11.2 Å². The number of hydrogen-bond donors (Lipinski definition) is 2. The van der Waals surface area contributed by atoms with Gasteiger partial charge < -0.3 is 10.4 Å². The van der Waals surface area contributed by atoms with Gasteiger partial charge in [0.1, 0.15) is 6.04 Å². The molecule has 0 radical (unpaired) electrons. The molecule has 1 aromatic carbocycles. The van der Waals surface area contributed by atoms with Crippen LogP contribution < -0.4 is 5.32 Å². The summed E-state index contributed by atoms with van der Waals surface area (Å²) in [5, 5.41) is 12.5. The van der Waals surface area contributed by atoms with E-state index in [9.17, 15) is 9.90 Å². The Morgan fingerprint density at radius 2 is 1.94 bits per heavy atom. The molecular formula is C15H21NO2. The molecule has 98 valence electrons. The summed E-state index contributed by atoms with van der Waals surface area (Å²) in [6, 6.07) is 10.1. The molecule has 0 spiro atoms. The lowest BCUT2D eigenvalue weighted by Gasteiger charge is -2.19. The Kier molecular flexibility index (Phi) is 4.76. The molecule has 0 heterocycles. The minimum Gasteiger partial charge on any atom is -0.480 e. The quantitative estimate of drug-likeness (QED) is 0.812. The van der Waals surface area contributed by atoms with Crippen molar-refractivity contribution in [2.24, 2.45) is 0 Å². The predicted octanol–water partition coefficient (Wildman–Crippen LogP) is 2.60. The highest BCUT2D eigenvalue weighted by atomic mass is 16.4. The van der Waals surface area contributed by atoms with Gasteiger partial charge in [-0.1, -0.05) is 43.2 Å². The number of benzene rings is 1. The first kappa shape index (κ1) is 13.1. The van der Waals surface area contributed by atoms with E-state index >= 15 is 0 Å². The van der Waals surface area contributed by atoms with Gasteiger partial charge in [-0.15, -0.1) is 0 Å². The summed E-state index contributed by atoms with van der Waals surface area (Å²) in [6.45, 7) is 0.